The molecule has 3 aromatic heterocycles. The molecule has 1 unspecified atom stereocenters. The number of β-amino-alcohol motifs (C(OH)–C–C–N with tert-alkyl or cyclic N) is 1. The number of benzene rings is 3. The van der Waals surface area contributed by atoms with Crippen LogP contribution in [0, 0.1) is 12.8 Å². The van der Waals surface area contributed by atoms with Gasteiger partial charge in [0.1, 0.15) is 24.5 Å². The second kappa shape index (κ2) is 17.5. The van der Waals surface area contributed by atoms with Gasteiger partial charge in [0.15, 0.2) is 5.75 Å². The smallest absolute Gasteiger partial charge is 0.282 e. The molecule has 3 aliphatic heterocycles. The molecule has 0 spiro atoms. The van der Waals surface area contributed by atoms with Gasteiger partial charge in [-0.1, -0.05) is 67.9 Å². The summed E-state index contributed by atoms with van der Waals surface area (Å²) in [6.45, 7) is 15.3. The number of nitrogens with one attached hydrogen (secondary N) is 1. The van der Waals surface area contributed by atoms with E-state index in [1.54, 1.807) is 34.5 Å². The first kappa shape index (κ1) is 43.8. The van der Waals surface area contributed by atoms with Gasteiger partial charge in [-0.05, 0) is 106 Å². The number of aryl methyl sites for hydroxylation is 1. The molecule has 9 rings (SSSR count). The van der Waals surface area contributed by atoms with Crippen LogP contribution in [-0.4, -0.2) is 96.0 Å². The SMILES string of the molecule is Cc1ncsc1-c1ccc([C@H](C)NC(=O)[C@@H]2C[C@@H](O)CN2C(=O)C(C(C)C)n2cc(OCCN3CCC(c4ccc5c(c4)C(C)(C)c4nc(=O)c6c(Cl)cccc6n4-5)CC3)cn2)cc1. The zero-order chi connectivity index (χ0) is 45.0. The van der Waals surface area contributed by atoms with Crippen LogP contribution in [0.15, 0.2) is 83.4 Å². The van der Waals surface area contributed by atoms with Gasteiger partial charge >= 0.3 is 0 Å². The van der Waals surface area contributed by atoms with E-state index in [1.165, 1.54) is 10.5 Å². The van der Waals surface area contributed by atoms with Crippen molar-refractivity contribution in [1.82, 2.24) is 39.4 Å². The Labute approximate surface area is 382 Å². The number of aliphatic hydroxyl groups is 1. The summed E-state index contributed by atoms with van der Waals surface area (Å²) < 4.78 is 9.91. The Morgan fingerprint density at radius 2 is 1.83 bits per heavy atom. The molecule has 0 saturated carbocycles. The molecule has 0 radical (unpaired) electrons. The molecule has 4 atom stereocenters. The molecule has 2 amide bonds. The number of thiazole rings is 1. The minimum absolute atomic E-state index is 0.0739. The number of rotatable bonds is 12. The van der Waals surface area contributed by atoms with Crippen molar-refractivity contribution >= 4 is 45.7 Å². The van der Waals surface area contributed by atoms with E-state index in [-0.39, 0.29) is 42.3 Å². The lowest BCUT2D eigenvalue weighted by molar-refractivity contribution is -0.142. The summed E-state index contributed by atoms with van der Waals surface area (Å²) >= 11 is 8.07. The third kappa shape index (κ3) is 8.14. The van der Waals surface area contributed by atoms with Crippen molar-refractivity contribution < 1.29 is 19.4 Å². The molecule has 334 valence electrons. The molecule has 6 heterocycles. The van der Waals surface area contributed by atoms with E-state index < -0.39 is 23.6 Å². The number of hydrogen-bond acceptors (Lipinski definition) is 10. The Kier molecular flexibility index (Phi) is 12.0. The van der Waals surface area contributed by atoms with Crippen molar-refractivity contribution in [1.29, 1.82) is 0 Å². The number of carbonyl (C=O) groups is 2. The monoisotopic (exact) mass is 902 g/mol. The number of aliphatic hydroxyl groups excluding tert-OH is 1. The summed E-state index contributed by atoms with van der Waals surface area (Å²) in [7, 11) is 0. The number of carbonyl (C=O) groups excluding carboxylic acids is 2. The van der Waals surface area contributed by atoms with Gasteiger partial charge in [0, 0.05) is 19.5 Å². The highest BCUT2D eigenvalue weighted by Crippen LogP contribution is 2.45. The minimum Gasteiger partial charge on any atom is -0.489 e. The van der Waals surface area contributed by atoms with E-state index in [4.69, 9.17) is 16.3 Å². The fraction of sp³-hybridized carbons (Fsp3) is 0.429. The molecule has 0 aliphatic carbocycles. The number of ether oxygens (including phenoxy) is 1. The maximum atomic E-state index is 14.3. The molecular weight excluding hydrogens is 848 g/mol. The van der Waals surface area contributed by atoms with Crippen molar-refractivity contribution in [2.75, 3.05) is 32.8 Å². The van der Waals surface area contributed by atoms with Gasteiger partial charge in [-0.3, -0.25) is 28.5 Å². The molecule has 2 N–H and O–H groups in total. The molecule has 0 bridgehead atoms. The molecular formula is C49H55ClN8O5S. The Balaban J connectivity index is 0.788. The highest BCUT2D eigenvalue weighted by atomic mass is 35.5. The third-order valence-corrected chi connectivity index (χ3v) is 14.8. The molecule has 2 fully saturated rings. The zero-order valence-corrected chi connectivity index (χ0v) is 38.7. The number of amides is 2. The van der Waals surface area contributed by atoms with Crippen molar-refractivity contribution in [3.8, 4) is 21.9 Å². The first-order valence-corrected chi connectivity index (χ1v) is 23.5. The number of nitrogens with zero attached hydrogens (tertiary/aromatic N) is 7. The van der Waals surface area contributed by atoms with E-state index in [0.717, 1.165) is 76.8 Å². The highest BCUT2D eigenvalue weighted by Gasteiger charge is 2.43. The van der Waals surface area contributed by atoms with Gasteiger partial charge < -0.3 is 20.1 Å². The molecule has 15 heteroatoms. The third-order valence-electron chi connectivity index (χ3n) is 13.5. The Morgan fingerprint density at radius 1 is 1.06 bits per heavy atom. The molecule has 2 saturated heterocycles. The molecule has 64 heavy (non-hydrogen) atoms. The average Bonchev–Trinajstić information content (AvgIpc) is 4.07. The maximum absolute atomic E-state index is 14.3. The van der Waals surface area contributed by atoms with Gasteiger partial charge in [-0.15, -0.1) is 11.3 Å². The fourth-order valence-electron chi connectivity index (χ4n) is 9.92. The number of halogens is 1. The normalized spacial score (nSPS) is 19.5. The van der Waals surface area contributed by atoms with Crippen LogP contribution in [0.3, 0.4) is 0 Å². The van der Waals surface area contributed by atoms with E-state index in [0.29, 0.717) is 28.7 Å². The second-order valence-corrected chi connectivity index (χ2v) is 19.7. The first-order chi connectivity index (χ1) is 30.7. The number of hydrogen-bond donors (Lipinski definition) is 2. The van der Waals surface area contributed by atoms with Crippen LogP contribution < -0.4 is 15.6 Å². The Bertz CT molecular complexity index is 2770. The van der Waals surface area contributed by atoms with Crippen LogP contribution in [0.25, 0.3) is 27.0 Å². The summed E-state index contributed by atoms with van der Waals surface area (Å²) in [6.07, 6.45) is 4.78. The van der Waals surface area contributed by atoms with Crippen molar-refractivity contribution in [2.24, 2.45) is 5.92 Å². The molecule has 13 nitrogen and oxygen atoms in total. The topological polar surface area (TPSA) is 148 Å². The molecule has 6 aromatic rings. The molecule has 3 aromatic carbocycles. The maximum Gasteiger partial charge on any atom is 0.282 e. The van der Waals surface area contributed by atoms with Crippen LogP contribution in [-0.2, 0) is 15.0 Å². The van der Waals surface area contributed by atoms with Crippen molar-refractivity contribution in [3.05, 3.63) is 122 Å². The van der Waals surface area contributed by atoms with E-state index >= 15 is 0 Å². The zero-order valence-electron chi connectivity index (χ0n) is 37.1. The summed E-state index contributed by atoms with van der Waals surface area (Å²) in [5.41, 5.74) is 8.38. The van der Waals surface area contributed by atoms with E-state index in [9.17, 15) is 19.5 Å². The fourth-order valence-corrected chi connectivity index (χ4v) is 11.0. The lowest BCUT2D eigenvalue weighted by Gasteiger charge is -2.32. The van der Waals surface area contributed by atoms with Crippen molar-refractivity contribution in [3.63, 3.8) is 0 Å². The molecule has 3 aliphatic rings. The van der Waals surface area contributed by atoms with Crippen LogP contribution in [0.4, 0.5) is 0 Å². The van der Waals surface area contributed by atoms with Crippen LogP contribution >= 0.6 is 22.9 Å². The summed E-state index contributed by atoms with van der Waals surface area (Å²) in [5, 5.41) is 19.2. The lowest BCUT2D eigenvalue weighted by Crippen LogP contribution is -2.49. The van der Waals surface area contributed by atoms with Crippen LogP contribution in [0.1, 0.15) is 100 Å². The average molecular weight is 904 g/mol. The number of likely N-dealkylation sites (tertiary alicyclic amines) is 2. The van der Waals surface area contributed by atoms with Gasteiger partial charge in [0.25, 0.3) is 5.56 Å². The van der Waals surface area contributed by atoms with Crippen molar-refractivity contribution in [2.45, 2.75) is 96.4 Å². The lowest BCUT2D eigenvalue weighted by atomic mass is 9.81. The van der Waals surface area contributed by atoms with Gasteiger partial charge in [-0.25, -0.2) is 4.98 Å². The summed E-state index contributed by atoms with van der Waals surface area (Å²) in [5.74, 6) is 1.01. The standard InChI is InChI=1S/C49H55ClN8O5S/c1-28(2)43(47(62)56-25-35(59)23-41(56)45(60)53-29(3)31-10-12-33(13-11-31)44-30(4)51-27-64-44)57-26-36(24-52-57)63-21-20-55-18-16-32(17-19-55)34-14-15-39-37(22-34)49(5,6)48-54-46(61)42-38(50)8-7-9-40(42)58(39)48/h7-15,22,24,26-29,32,35,41,43,59H,16-21,23,25H2,1-6H3,(H,53,60)/t29-,35+,41-,43?/m0/s1. The quantitative estimate of drug-likeness (QED) is 0.127. The number of fused-ring (bicyclic) bond motifs is 5. The number of piperidine rings is 1. The first-order valence-electron chi connectivity index (χ1n) is 22.2. The van der Waals surface area contributed by atoms with Gasteiger partial charge in [0.2, 0.25) is 11.8 Å². The van der Waals surface area contributed by atoms with E-state index in [2.05, 4.69) is 61.9 Å². The predicted molar refractivity (Wildman–Crippen MR) is 249 cm³/mol. The summed E-state index contributed by atoms with van der Waals surface area (Å²) in [6, 6.07) is 18.5. The Hall–Kier alpha value is -5.41. The Morgan fingerprint density at radius 3 is 2.55 bits per heavy atom. The van der Waals surface area contributed by atoms with Gasteiger partial charge in [0.05, 0.1) is 67.6 Å². The van der Waals surface area contributed by atoms with E-state index in [1.807, 2.05) is 69.6 Å². The minimum atomic E-state index is -0.808. The predicted octanol–water partition coefficient (Wildman–Crippen LogP) is 7.60. The second-order valence-electron chi connectivity index (χ2n) is 18.4. The largest absolute Gasteiger partial charge is 0.489 e. The van der Waals surface area contributed by atoms with Gasteiger partial charge in [-0.2, -0.15) is 10.1 Å². The highest BCUT2D eigenvalue weighted by molar-refractivity contribution is 7.13. The number of aromatic nitrogens is 5. The summed E-state index contributed by atoms with van der Waals surface area (Å²) in [4.78, 5) is 55.0. The van der Waals surface area contributed by atoms with Crippen LogP contribution in [0.5, 0.6) is 5.75 Å². The van der Waals surface area contributed by atoms with Crippen LogP contribution in [0.2, 0.25) is 5.02 Å².